The predicted molar refractivity (Wildman–Crippen MR) is 70.6 cm³/mol. The highest BCUT2D eigenvalue weighted by molar-refractivity contribution is 6.06. The van der Waals surface area contributed by atoms with Gasteiger partial charge in [0.2, 0.25) is 0 Å². The molecule has 2 saturated heterocycles. The molecule has 6 nitrogen and oxygen atoms in total. The molecule has 0 aromatic heterocycles. The van der Waals surface area contributed by atoms with E-state index in [0.29, 0.717) is 25.6 Å². The molecule has 0 aromatic rings. The summed E-state index contributed by atoms with van der Waals surface area (Å²) in [6.07, 6.45) is 0.639. The molecule has 2 heterocycles. The Bertz CT molecular complexity index is 383. The average Bonchev–Trinajstić information content (AvgIpc) is 2.51. The molecule has 2 unspecified atom stereocenters. The fraction of sp³-hybridized carbons (Fsp3) is 0.846. The normalized spacial score (nSPS) is 31.7. The molecule has 0 spiro atoms. The maximum Gasteiger partial charge on any atom is 0.325 e. The Labute approximate surface area is 113 Å². The number of carbonyl (C=O) groups is 2. The molecule has 2 atom stereocenters. The number of piperidine rings is 1. The molecular formula is C13H23N3O3. The minimum Gasteiger partial charge on any atom is -0.392 e. The molecule has 2 rings (SSSR count). The number of aliphatic hydroxyl groups is 1. The lowest BCUT2D eigenvalue weighted by molar-refractivity contribution is -0.130. The molecule has 2 aliphatic rings. The smallest absolute Gasteiger partial charge is 0.325 e. The van der Waals surface area contributed by atoms with Gasteiger partial charge in [-0.2, -0.15) is 0 Å². The van der Waals surface area contributed by atoms with E-state index in [1.54, 1.807) is 13.8 Å². The maximum atomic E-state index is 12.0. The van der Waals surface area contributed by atoms with E-state index in [-0.39, 0.29) is 18.0 Å². The van der Waals surface area contributed by atoms with Gasteiger partial charge in [-0.05, 0) is 32.7 Å². The van der Waals surface area contributed by atoms with Gasteiger partial charge in [0.05, 0.1) is 6.10 Å². The minimum absolute atomic E-state index is 0.177. The Hall–Kier alpha value is -1.14. The Morgan fingerprint density at radius 3 is 2.58 bits per heavy atom. The summed E-state index contributed by atoms with van der Waals surface area (Å²) in [6, 6.07) is -0.319. The molecule has 2 fully saturated rings. The van der Waals surface area contributed by atoms with Gasteiger partial charge in [0.15, 0.2) is 0 Å². The van der Waals surface area contributed by atoms with Crippen molar-refractivity contribution in [2.24, 2.45) is 5.92 Å². The second kappa shape index (κ2) is 5.09. The first-order chi connectivity index (χ1) is 8.81. The number of hydrogen-bond acceptors (Lipinski definition) is 4. The number of urea groups is 1. The zero-order chi connectivity index (χ0) is 14.2. The van der Waals surface area contributed by atoms with Crippen LogP contribution in [0.15, 0.2) is 0 Å². The highest BCUT2D eigenvalue weighted by atomic mass is 16.3. The molecule has 108 valence electrons. The molecule has 19 heavy (non-hydrogen) atoms. The average molecular weight is 269 g/mol. The lowest BCUT2D eigenvalue weighted by atomic mass is 9.96. The van der Waals surface area contributed by atoms with Crippen LogP contribution in [0, 0.1) is 5.92 Å². The summed E-state index contributed by atoms with van der Waals surface area (Å²) in [5.74, 6) is 0.148. The third-order valence-corrected chi connectivity index (χ3v) is 4.09. The number of rotatable bonds is 3. The third-order valence-electron chi connectivity index (χ3n) is 4.09. The molecule has 6 heteroatoms. The highest BCUT2D eigenvalue weighted by Gasteiger charge is 2.44. The molecule has 0 aliphatic carbocycles. The summed E-state index contributed by atoms with van der Waals surface area (Å²) in [6.45, 7) is 7.99. The van der Waals surface area contributed by atoms with E-state index >= 15 is 0 Å². The van der Waals surface area contributed by atoms with Crippen LogP contribution in [0.3, 0.4) is 0 Å². The molecule has 0 radical (unpaired) electrons. The van der Waals surface area contributed by atoms with Crippen LogP contribution in [0.1, 0.15) is 27.2 Å². The number of nitrogens with one attached hydrogen (secondary N) is 1. The molecule has 0 aromatic carbocycles. The van der Waals surface area contributed by atoms with E-state index in [9.17, 15) is 14.7 Å². The van der Waals surface area contributed by atoms with Gasteiger partial charge in [-0.1, -0.05) is 6.92 Å². The third kappa shape index (κ3) is 2.90. The van der Waals surface area contributed by atoms with Gasteiger partial charge in [-0.25, -0.2) is 4.79 Å². The second-order valence-corrected chi connectivity index (χ2v) is 6.15. The minimum atomic E-state index is -0.799. The van der Waals surface area contributed by atoms with Crippen LogP contribution in [0.2, 0.25) is 0 Å². The second-order valence-electron chi connectivity index (χ2n) is 6.15. The molecule has 0 bridgehead atoms. The Morgan fingerprint density at radius 2 is 2.05 bits per heavy atom. The molecule has 2 aliphatic heterocycles. The summed E-state index contributed by atoms with van der Waals surface area (Å²) >= 11 is 0. The number of nitrogens with zero attached hydrogens (tertiary/aromatic N) is 2. The van der Waals surface area contributed by atoms with E-state index in [4.69, 9.17) is 0 Å². The predicted octanol–water partition coefficient (Wildman–Crippen LogP) is 0.0195. The number of hydrogen-bond donors (Lipinski definition) is 2. The molecule has 0 saturated carbocycles. The van der Waals surface area contributed by atoms with Crippen LogP contribution in [0.25, 0.3) is 0 Å². The monoisotopic (exact) mass is 269 g/mol. The van der Waals surface area contributed by atoms with E-state index in [2.05, 4.69) is 10.2 Å². The van der Waals surface area contributed by atoms with Gasteiger partial charge in [0.25, 0.3) is 5.91 Å². The van der Waals surface area contributed by atoms with Gasteiger partial charge in [-0.15, -0.1) is 0 Å². The molecule has 3 amide bonds. The number of imide groups is 1. The topological polar surface area (TPSA) is 72.9 Å². The van der Waals surface area contributed by atoms with E-state index in [1.165, 1.54) is 4.90 Å². The van der Waals surface area contributed by atoms with E-state index in [1.807, 2.05) is 6.92 Å². The summed E-state index contributed by atoms with van der Waals surface area (Å²) in [5.41, 5.74) is -0.799. The van der Waals surface area contributed by atoms with Crippen molar-refractivity contribution in [2.45, 2.75) is 38.8 Å². The van der Waals surface area contributed by atoms with Crippen LogP contribution >= 0.6 is 0 Å². The summed E-state index contributed by atoms with van der Waals surface area (Å²) in [4.78, 5) is 27.1. The van der Waals surface area contributed by atoms with E-state index < -0.39 is 5.54 Å². The number of carbonyl (C=O) groups excluding carboxylic acids is 2. The highest BCUT2D eigenvalue weighted by Crippen LogP contribution is 2.19. The largest absolute Gasteiger partial charge is 0.392 e. The van der Waals surface area contributed by atoms with Crippen molar-refractivity contribution in [3.8, 4) is 0 Å². The Morgan fingerprint density at radius 1 is 1.37 bits per heavy atom. The number of likely N-dealkylation sites (tertiary alicyclic amines) is 1. The first-order valence-corrected chi connectivity index (χ1v) is 6.86. The standard InChI is InChI=1S/C13H23N3O3/c1-9-4-5-15(8-10(9)17)6-7-16-11(18)13(2,3)14-12(16)19/h9-10,17H,4-8H2,1-3H3,(H,14,19). The van der Waals surface area contributed by atoms with Gasteiger partial charge in [-0.3, -0.25) is 14.6 Å². The van der Waals surface area contributed by atoms with Gasteiger partial charge < -0.3 is 10.4 Å². The van der Waals surface area contributed by atoms with Gasteiger partial charge in [0, 0.05) is 19.6 Å². The quantitative estimate of drug-likeness (QED) is 0.708. The number of β-amino-alcohol motifs (C(OH)–C–C–N with tert-alkyl or cyclic N) is 1. The van der Waals surface area contributed by atoms with Crippen molar-refractivity contribution in [3.05, 3.63) is 0 Å². The lowest BCUT2D eigenvalue weighted by Gasteiger charge is -2.34. The van der Waals surface area contributed by atoms with Crippen LogP contribution < -0.4 is 5.32 Å². The fourth-order valence-corrected chi connectivity index (χ4v) is 2.58. The summed E-state index contributed by atoms with van der Waals surface area (Å²) in [7, 11) is 0. The number of amides is 3. The zero-order valence-electron chi connectivity index (χ0n) is 11.8. The number of aliphatic hydroxyl groups excluding tert-OH is 1. The summed E-state index contributed by atoms with van der Waals surface area (Å²) in [5, 5.41) is 12.5. The lowest BCUT2D eigenvalue weighted by Crippen LogP contribution is -2.47. The van der Waals surface area contributed by atoms with Crippen molar-refractivity contribution < 1.29 is 14.7 Å². The summed E-state index contributed by atoms with van der Waals surface area (Å²) < 4.78 is 0. The van der Waals surface area contributed by atoms with Crippen molar-refractivity contribution in [3.63, 3.8) is 0 Å². The van der Waals surface area contributed by atoms with Crippen LogP contribution in [0.4, 0.5) is 4.79 Å². The van der Waals surface area contributed by atoms with Crippen LogP contribution in [-0.4, -0.2) is 64.7 Å². The SMILES string of the molecule is CC1CCN(CCN2C(=O)NC(C)(C)C2=O)CC1O. The van der Waals surface area contributed by atoms with Crippen LogP contribution in [-0.2, 0) is 4.79 Å². The Balaban J connectivity index is 1.86. The van der Waals surface area contributed by atoms with E-state index in [0.717, 1.165) is 13.0 Å². The van der Waals surface area contributed by atoms with Crippen LogP contribution in [0.5, 0.6) is 0 Å². The first kappa shape index (κ1) is 14.3. The van der Waals surface area contributed by atoms with Gasteiger partial charge >= 0.3 is 6.03 Å². The zero-order valence-corrected chi connectivity index (χ0v) is 11.8. The fourth-order valence-electron chi connectivity index (χ4n) is 2.58. The first-order valence-electron chi connectivity index (χ1n) is 6.86. The van der Waals surface area contributed by atoms with Crippen molar-refractivity contribution in [1.82, 2.24) is 15.1 Å². The maximum absolute atomic E-state index is 12.0. The Kier molecular flexibility index (Phi) is 3.82. The van der Waals surface area contributed by atoms with Crippen molar-refractivity contribution in [2.75, 3.05) is 26.2 Å². The van der Waals surface area contributed by atoms with Gasteiger partial charge in [0.1, 0.15) is 5.54 Å². The molecular weight excluding hydrogens is 246 g/mol. The van der Waals surface area contributed by atoms with Crippen molar-refractivity contribution >= 4 is 11.9 Å². The molecule has 2 N–H and O–H groups in total. The van der Waals surface area contributed by atoms with Crippen molar-refractivity contribution in [1.29, 1.82) is 0 Å².